The molecule has 5 rings (SSSR count). The van der Waals surface area contributed by atoms with Crippen LogP contribution < -0.4 is 10.2 Å². The number of benzene rings is 2. The highest BCUT2D eigenvalue weighted by Gasteiger charge is 2.23. The summed E-state index contributed by atoms with van der Waals surface area (Å²) in [6, 6.07) is 15.8. The lowest BCUT2D eigenvalue weighted by atomic mass is 10.1. The predicted molar refractivity (Wildman–Crippen MR) is 130 cm³/mol. The first-order chi connectivity index (χ1) is 16.4. The van der Waals surface area contributed by atoms with Gasteiger partial charge in [-0.2, -0.15) is 0 Å². The summed E-state index contributed by atoms with van der Waals surface area (Å²) in [5.74, 6) is 0.997. The van der Waals surface area contributed by atoms with Crippen LogP contribution in [0, 0.1) is 5.82 Å². The maximum Gasteiger partial charge on any atom is 0.257 e. The van der Waals surface area contributed by atoms with Crippen molar-refractivity contribution >= 4 is 28.4 Å². The summed E-state index contributed by atoms with van der Waals surface area (Å²) in [6.07, 6.45) is 2.23. The second-order valence-electron chi connectivity index (χ2n) is 8.71. The average molecular weight is 460 g/mol. The number of ether oxygens (including phenoxy) is 1. The van der Waals surface area contributed by atoms with Gasteiger partial charge in [0.1, 0.15) is 17.5 Å². The van der Waals surface area contributed by atoms with Gasteiger partial charge in [-0.05, 0) is 55.8 Å². The van der Waals surface area contributed by atoms with Crippen LogP contribution in [0.1, 0.15) is 35.6 Å². The number of morpholine rings is 1. The maximum absolute atomic E-state index is 14.0. The second-order valence-corrected chi connectivity index (χ2v) is 8.71. The minimum absolute atomic E-state index is 0.137. The Hall–Kier alpha value is -3.78. The zero-order valence-corrected chi connectivity index (χ0v) is 19.1. The van der Waals surface area contributed by atoms with Crippen molar-refractivity contribution in [1.29, 1.82) is 0 Å². The number of H-pyrrole nitrogens is 1. The van der Waals surface area contributed by atoms with Crippen molar-refractivity contribution in [2.75, 3.05) is 23.3 Å². The summed E-state index contributed by atoms with van der Waals surface area (Å²) >= 11 is 0. The van der Waals surface area contributed by atoms with E-state index in [1.54, 1.807) is 36.5 Å². The van der Waals surface area contributed by atoms with E-state index in [0.717, 1.165) is 29.9 Å². The van der Waals surface area contributed by atoms with Gasteiger partial charge < -0.3 is 19.9 Å². The van der Waals surface area contributed by atoms with Gasteiger partial charge in [0.25, 0.3) is 5.91 Å². The highest BCUT2D eigenvalue weighted by Crippen LogP contribution is 2.21. The average Bonchev–Trinajstić information content (AvgIpc) is 3.22. The Labute approximate surface area is 197 Å². The van der Waals surface area contributed by atoms with Gasteiger partial charge in [-0.15, -0.1) is 0 Å². The van der Waals surface area contributed by atoms with Crippen molar-refractivity contribution in [3.8, 4) is 0 Å². The lowest BCUT2D eigenvalue weighted by molar-refractivity contribution is -0.00546. The first kappa shape index (κ1) is 22.0. The van der Waals surface area contributed by atoms with E-state index in [0.29, 0.717) is 29.1 Å². The molecule has 0 aliphatic carbocycles. The number of carbonyl (C=O) groups is 1. The van der Waals surface area contributed by atoms with Crippen LogP contribution in [0.2, 0.25) is 0 Å². The molecule has 174 valence electrons. The van der Waals surface area contributed by atoms with Crippen LogP contribution in [0.15, 0.2) is 60.8 Å². The number of anilines is 2. The minimum Gasteiger partial charge on any atom is -0.372 e. The summed E-state index contributed by atoms with van der Waals surface area (Å²) in [4.78, 5) is 27.2. The molecular weight excluding hydrogens is 433 g/mol. The van der Waals surface area contributed by atoms with Crippen molar-refractivity contribution in [3.05, 3.63) is 83.6 Å². The van der Waals surface area contributed by atoms with Crippen LogP contribution in [0.4, 0.5) is 15.9 Å². The summed E-state index contributed by atoms with van der Waals surface area (Å²) < 4.78 is 19.7. The van der Waals surface area contributed by atoms with Crippen LogP contribution in [0.5, 0.6) is 0 Å². The molecule has 1 saturated heterocycles. The number of nitrogens with one attached hydrogen (secondary N) is 2. The van der Waals surface area contributed by atoms with Crippen molar-refractivity contribution in [2.24, 2.45) is 0 Å². The molecule has 1 fully saturated rings. The minimum atomic E-state index is -0.256. The van der Waals surface area contributed by atoms with E-state index in [1.807, 2.05) is 32.0 Å². The molecule has 2 atom stereocenters. The molecule has 2 aromatic carbocycles. The third-order valence-electron chi connectivity index (χ3n) is 5.86. The Morgan fingerprint density at radius 1 is 1.15 bits per heavy atom. The molecule has 0 radical (unpaired) electrons. The van der Waals surface area contributed by atoms with E-state index in [4.69, 9.17) is 4.74 Å². The van der Waals surface area contributed by atoms with Crippen LogP contribution in [-0.4, -0.2) is 46.2 Å². The van der Waals surface area contributed by atoms with Gasteiger partial charge in [-0.25, -0.2) is 14.4 Å². The number of nitrogens with zero attached hydrogens (tertiary/aromatic N) is 3. The molecule has 0 spiro atoms. The molecule has 7 nitrogen and oxygen atoms in total. The van der Waals surface area contributed by atoms with Gasteiger partial charge in [0.2, 0.25) is 0 Å². The summed E-state index contributed by atoms with van der Waals surface area (Å²) in [6.45, 7) is 5.63. The number of rotatable bonds is 5. The number of amides is 1. The van der Waals surface area contributed by atoms with Crippen molar-refractivity contribution < 1.29 is 13.9 Å². The normalized spacial score (nSPS) is 18.3. The molecule has 3 heterocycles. The molecule has 1 aliphatic rings. The zero-order chi connectivity index (χ0) is 23.7. The summed E-state index contributed by atoms with van der Waals surface area (Å²) in [7, 11) is 0. The summed E-state index contributed by atoms with van der Waals surface area (Å²) in [5, 5.41) is 2.91. The van der Waals surface area contributed by atoms with E-state index in [9.17, 15) is 9.18 Å². The Balaban J connectivity index is 1.27. The Kier molecular flexibility index (Phi) is 5.98. The fraction of sp³-hybridized carbons (Fsp3) is 0.269. The lowest BCUT2D eigenvalue weighted by Gasteiger charge is -2.36. The van der Waals surface area contributed by atoms with Crippen LogP contribution >= 0.6 is 0 Å². The predicted octanol–water partition coefficient (Wildman–Crippen LogP) is 4.55. The van der Waals surface area contributed by atoms with Crippen LogP contribution in [0.25, 0.3) is 11.0 Å². The van der Waals surface area contributed by atoms with E-state index in [2.05, 4.69) is 25.2 Å². The number of hydrogen-bond acceptors (Lipinski definition) is 5. The number of hydrogen-bond donors (Lipinski definition) is 2. The second kappa shape index (κ2) is 9.23. The number of halogens is 1. The highest BCUT2D eigenvalue weighted by atomic mass is 19.1. The number of aromatic nitrogens is 3. The van der Waals surface area contributed by atoms with Gasteiger partial charge >= 0.3 is 0 Å². The Bertz CT molecular complexity index is 1310. The standard InChI is InChI=1S/C26H26FN5O2/c1-16-14-32(15-17(2)34-16)25-10-7-19(13-28-25)26(33)29-20-8-9-22-23(12-20)31-24(30-22)11-18-5-3-4-6-21(18)27/h3-10,12-13,16-17H,11,14-15H2,1-2H3,(H,29,33)(H,30,31). The largest absolute Gasteiger partial charge is 0.372 e. The van der Waals surface area contributed by atoms with Crippen molar-refractivity contribution in [2.45, 2.75) is 32.5 Å². The number of imidazole rings is 1. The first-order valence-electron chi connectivity index (χ1n) is 11.3. The number of fused-ring (bicyclic) bond motifs is 1. The Morgan fingerprint density at radius 3 is 2.68 bits per heavy atom. The van der Waals surface area contributed by atoms with Gasteiger partial charge in [0, 0.05) is 31.4 Å². The third-order valence-corrected chi connectivity index (χ3v) is 5.86. The van der Waals surface area contributed by atoms with Crippen molar-refractivity contribution in [1.82, 2.24) is 15.0 Å². The first-order valence-corrected chi connectivity index (χ1v) is 11.3. The van der Waals surface area contributed by atoms with Crippen LogP contribution in [-0.2, 0) is 11.2 Å². The molecule has 2 N–H and O–H groups in total. The molecule has 2 aromatic heterocycles. The third kappa shape index (κ3) is 4.77. The molecule has 8 heteroatoms. The van der Waals surface area contributed by atoms with Gasteiger partial charge in [-0.3, -0.25) is 4.79 Å². The van der Waals surface area contributed by atoms with E-state index < -0.39 is 0 Å². The number of carbonyl (C=O) groups excluding carboxylic acids is 1. The molecule has 34 heavy (non-hydrogen) atoms. The van der Waals surface area contributed by atoms with Gasteiger partial charge in [-0.1, -0.05) is 18.2 Å². The Morgan fingerprint density at radius 2 is 1.94 bits per heavy atom. The summed E-state index contributed by atoms with van der Waals surface area (Å²) in [5.41, 5.74) is 3.21. The number of aromatic amines is 1. The van der Waals surface area contributed by atoms with Gasteiger partial charge in [0.15, 0.2) is 0 Å². The van der Waals surface area contributed by atoms with E-state index >= 15 is 0 Å². The molecule has 1 aliphatic heterocycles. The molecule has 0 saturated carbocycles. The van der Waals surface area contributed by atoms with E-state index in [1.165, 1.54) is 6.07 Å². The molecule has 4 aromatic rings. The smallest absolute Gasteiger partial charge is 0.257 e. The zero-order valence-electron chi connectivity index (χ0n) is 19.1. The maximum atomic E-state index is 14.0. The number of pyridine rings is 1. The fourth-order valence-corrected chi connectivity index (χ4v) is 4.32. The molecular formula is C26H26FN5O2. The fourth-order valence-electron chi connectivity index (χ4n) is 4.32. The molecule has 2 unspecified atom stereocenters. The monoisotopic (exact) mass is 459 g/mol. The molecule has 1 amide bonds. The van der Waals surface area contributed by atoms with E-state index in [-0.39, 0.29) is 23.9 Å². The quantitative estimate of drug-likeness (QED) is 0.457. The highest BCUT2D eigenvalue weighted by molar-refractivity contribution is 6.04. The topological polar surface area (TPSA) is 83.1 Å². The van der Waals surface area contributed by atoms with Crippen molar-refractivity contribution in [3.63, 3.8) is 0 Å². The van der Waals surface area contributed by atoms with Crippen LogP contribution in [0.3, 0.4) is 0 Å². The van der Waals surface area contributed by atoms with Gasteiger partial charge in [0.05, 0.1) is 28.8 Å². The lowest BCUT2D eigenvalue weighted by Crippen LogP contribution is -2.45. The SMILES string of the molecule is CC1CN(c2ccc(C(=O)Nc3ccc4nc(Cc5ccccc5F)[nH]c4c3)cn2)CC(C)O1. The molecule has 0 bridgehead atoms.